The molecule has 0 heterocycles. The second-order valence-corrected chi connectivity index (χ2v) is 4.26. The molecule has 0 aliphatic heterocycles. The van der Waals surface area contributed by atoms with E-state index in [4.69, 9.17) is 0 Å². The molecule has 7 nitrogen and oxygen atoms in total. The van der Waals surface area contributed by atoms with Crippen molar-refractivity contribution in [2.45, 2.75) is 0 Å². The van der Waals surface area contributed by atoms with Crippen LogP contribution in [-0.2, 0) is 4.79 Å². The predicted octanol–water partition coefficient (Wildman–Crippen LogP) is 1.04. The Labute approximate surface area is 125 Å². The van der Waals surface area contributed by atoms with Crippen LogP contribution in [0.15, 0.2) is 48.5 Å². The smallest absolute Gasteiger partial charge is 0.283 e. The van der Waals surface area contributed by atoms with E-state index in [-0.39, 0.29) is 29.0 Å². The molecule has 0 bridgehead atoms. The van der Waals surface area contributed by atoms with Crippen LogP contribution < -0.4 is 5.43 Å². The first-order chi connectivity index (χ1) is 10.5. The average Bonchev–Trinajstić information content (AvgIpc) is 2.52. The van der Waals surface area contributed by atoms with E-state index in [0.717, 1.165) is 0 Å². The number of phenolic OH excluding ortho intramolecular Hbond substituents is 2. The van der Waals surface area contributed by atoms with E-state index >= 15 is 0 Å². The van der Waals surface area contributed by atoms with Crippen LogP contribution in [0.5, 0.6) is 11.5 Å². The van der Waals surface area contributed by atoms with Crippen molar-refractivity contribution in [3.05, 3.63) is 59.7 Å². The van der Waals surface area contributed by atoms with E-state index in [0.29, 0.717) is 5.01 Å². The van der Waals surface area contributed by atoms with Crippen LogP contribution in [0.3, 0.4) is 0 Å². The zero-order chi connectivity index (χ0) is 16.1. The lowest BCUT2D eigenvalue weighted by Gasteiger charge is -2.17. The number of amides is 3. The molecular weight excluding hydrogens is 288 g/mol. The molecule has 0 aromatic heterocycles. The number of aromatic hydroxyl groups is 2. The van der Waals surface area contributed by atoms with E-state index < -0.39 is 11.8 Å². The van der Waals surface area contributed by atoms with Gasteiger partial charge in [-0.25, -0.2) is 0 Å². The molecule has 0 saturated carbocycles. The molecule has 2 aromatic carbocycles. The van der Waals surface area contributed by atoms with Gasteiger partial charge < -0.3 is 10.2 Å². The third kappa shape index (κ3) is 3.04. The van der Waals surface area contributed by atoms with Crippen molar-refractivity contribution in [2.75, 3.05) is 0 Å². The summed E-state index contributed by atoms with van der Waals surface area (Å²) in [5.74, 6) is -2.36. The van der Waals surface area contributed by atoms with Crippen molar-refractivity contribution in [1.29, 1.82) is 0 Å². The number of benzene rings is 2. The molecule has 0 unspecified atom stereocenters. The fourth-order valence-corrected chi connectivity index (χ4v) is 1.74. The van der Waals surface area contributed by atoms with Gasteiger partial charge in [0.25, 0.3) is 11.8 Å². The molecule has 7 heteroatoms. The number of para-hydroxylation sites is 2. The van der Waals surface area contributed by atoms with E-state index in [1.807, 2.05) is 0 Å². The average molecular weight is 300 g/mol. The minimum absolute atomic E-state index is 0.0977. The number of carbonyl (C=O) groups excluding carboxylic acids is 3. The molecular formula is C15H12N2O5. The Bertz CT molecular complexity index is 729. The molecule has 2 rings (SSSR count). The molecule has 3 amide bonds. The highest BCUT2D eigenvalue weighted by Gasteiger charge is 2.21. The van der Waals surface area contributed by atoms with E-state index in [1.54, 1.807) is 0 Å². The van der Waals surface area contributed by atoms with Gasteiger partial charge in [-0.3, -0.25) is 19.8 Å². The lowest BCUT2D eigenvalue weighted by atomic mass is 10.2. The van der Waals surface area contributed by atoms with Crippen molar-refractivity contribution >= 4 is 18.2 Å². The fourth-order valence-electron chi connectivity index (χ4n) is 1.74. The summed E-state index contributed by atoms with van der Waals surface area (Å²) in [6.45, 7) is 0. The van der Waals surface area contributed by atoms with E-state index in [1.165, 1.54) is 48.5 Å². The standard InChI is InChI=1S/C15H12N2O5/c18-9-17(15(22)11-6-2-4-8-13(11)20)16-14(21)10-5-1-3-7-12(10)19/h1-9,19-20H,(H,16,21). The first-order valence-corrected chi connectivity index (χ1v) is 6.20. The number of phenols is 2. The van der Waals surface area contributed by atoms with Crippen LogP contribution in [0.25, 0.3) is 0 Å². The number of nitrogens with zero attached hydrogens (tertiary/aromatic N) is 1. The summed E-state index contributed by atoms with van der Waals surface area (Å²) in [5, 5.41) is 19.6. The fraction of sp³-hybridized carbons (Fsp3) is 0. The molecule has 0 atom stereocenters. The Hall–Kier alpha value is -3.35. The van der Waals surface area contributed by atoms with Gasteiger partial charge in [0.05, 0.1) is 11.1 Å². The zero-order valence-corrected chi connectivity index (χ0v) is 11.3. The summed E-state index contributed by atoms with van der Waals surface area (Å²) in [6, 6.07) is 11.3. The maximum Gasteiger partial charge on any atom is 0.283 e. The number of hydrazine groups is 1. The van der Waals surface area contributed by atoms with Crippen molar-refractivity contribution in [1.82, 2.24) is 10.4 Å². The summed E-state index contributed by atoms with van der Waals surface area (Å²) in [6.07, 6.45) is 0.104. The summed E-state index contributed by atoms with van der Waals surface area (Å²) >= 11 is 0. The first-order valence-electron chi connectivity index (χ1n) is 6.20. The van der Waals surface area contributed by atoms with Crippen LogP contribution in [0.2, 0.25) is 0 Å². The molecule has 3 N–H and O–H groups in total. The number of carbonyl (C=O) groups is 3. The van der Waals surface area contributed by atoms with Gasteiger partial charge in [0.15, 0.2) is 0 Å². The summed E-state index contributed by atoms with van der Waals surface area (Å²) < 4.78 is 0. The Balaban J connectivity index is 2.21. The Morgan fingerprint density at radius 2 is 1.41 bits per heavy atom. The molecule has 22 heavy (non-hydrogen) atoms. The molecule has 0 aliphatic rings. The quantitative estimate of drug-likeness (QED) is 0.580. The highest BCUT2D eigenvalue weighted by molar-refractivity contribution is 6.05. The summed E-state index contributed by atoms with van der Waals surface area (Å²) in [5.41, 5.74) is 1.81. The maximum absolute atomic E-state index is 12.1. The highest BCUT2D eigenvalue weighted by atomic mass is 16.3. The predicted molar refractivity (Wildman–Crippen MR) is 75.9 cm³/mol. The van der Waals surface area contributed by atoms with Gasteiger partial charge in [0.1, 0.15) is 11.5 Å². The van der Waals surface area contributed by atoms with Gasteiger partial charge in [-0.1, -0.05) is 24.3 Å². The van der Waals surface area contributed by atoms with Crippen molar-refractivity contribution < 1.29 is 24.6 Å². The van der Waals surface area contributed by atoms with E-state index in [2.05, 4.69) is 5.43 Å². The van der Waals surface area contributed by atoms with Gasteiger partial charge >= 0.3 is 0 Å². The van der Waals surface area contributed by atoms with Crippen LogP contribution in [0, 0.1) is 0 Å². The zero-order valence-electron chi connectivity index (χ0n) is 11.3. The maximum atomic E-state index is 12.1. The van der Waals surface area contributed by atoms with Gasteiger partial charge in [0.2, 0.25) is 6.41 Å². The van der Waals surface area contributed by atoms with Gasteiger partial charge in [-0.15, -0.1) is 0 Å². The largest absolute Gasteiger partial charge is 0.507 e. The molecule has 0 spiro atoms. The lowest BCUT2D eigenvalue weighted by Crippen LogP contribution is -2.45. The van der Waals surface area contributed by atoms with Crippen molar-refractivity contribution in [2.24, 2.45) is 0 Å². The van der Waals surface area contributed by atoms with Crippen molar-refractivity contribution in [3.8, 4) is 11.5 Å². The van der Waals surface area contributed by atoms with Crippen LogP contribution in [0.4, 0.5) is 0 Å². The van der Waals surface area contributed by atoms with Crippen LogP contribution in [-0.4, -0.2) is 33.4 Å². The molecule has 0 saturated heterocycles. The SMILES string of the molecule is O=CN(NC(=O)c1ccccc1O)C(=O)c1ccccc1O. The molecule has 2 aromatic rings. The third-order valence-electron chi connectivity index (χ3n) is 2.83. The topological polar surface area (TPSA) is 107 Å². The second kappa shape index (κ2) is 6.40. The number of hydrogen-bond acceptors (Lipinski definition) is 5. The molecule has 112 valence electrons. The summed E-state index contributed by atoms with van der Waals surface area (Å²) in [4.78, 5) is 35.1. The normalized spacial score (nSPS) is 9.82. The number of imide groups is 1. The molecule has 0 fully saturated rings. The molecule has 0 radical (unpaired) electrons. The Kier molecular flexibility index (Phi) is 4.38. The minimum atomic E-state index is -0.906. The number of hydrogen-bond donors (Lipinski definition) is 3. The Morgan fingerprint density at radius 3 is 1.91 bits per heavy atom. The Morgan fingerprint density at radius 1 is 0.909 bits per heavy atom. The van der Waals surface area contributed by atoms with Crippen LogP contribution >= 0.6 is 0 Å². The highest BCUT2D eigenvalue weighted by Crippen LogP contribution is 2.18. The van der Waals surface area contributed by atoms with Gasteiger partial charge in [-0.2, -0.15) is 5.01 Å². The lowest BCUT2D eigenvalue weighted by molar-refractivity contribution is -0.117. The monoisotopic (exact) mass is 300 g/mol. The number of rotatable bonds is 3. The first kappa shape index (κ1) is 15.0. The van der Waals surface area contributed by atoms with Gasteiger partial charge in [0, 0.05) is 0 Å². The second-order valence-electron chi connectivity index (χ2n) is 4.26. The molecule has 0 aliphatic carbocycles. The number of nitrogens with one attached hydrogen (secondary N) is 1. The third-order valence-corrected chi connectivity index (χ3v) is 2.83. The van der Waals surface area contributed by atoms with Crippen LogP contribution in [0.1, 0.15) is 20.7 Å². The minimum Gasteiger partial charge on any atom is -0.507 e. The van der Waals surface area contributed by atoms with Crippen molar-refractivity contribution in [3.63, 3.8) is 0 Å². The van der Waals surface area contributed by atoms with E-state index in [9.17, 15) is 24.6 Å². The summed E-state index contributed by atoms with van der Waals surface area (Å²) in [7, 11) is 0. The van der Waals surface area contributed by atoms with Gasteiger partial charge in [-0.05, 0) is 24.3 Å².